The van der Waals surface area contributed by atoms with Gasteiger partial charge in [0.05, 0.1) is 6.61 Å². The van der Waals surface area contributed by atoms with Crippen molar-refractivity contribution in [3.8, 4) is 0 Å². The lowest BCUT2D eigenvalue weighted by atomic mass is 9.95. The Labute approximate surface area is 86.1 Å². The highest BCUT2D eigenvalue weighted by molar-refractivity contribution is 5.32. The van der Waals surface area contributed by atoms with Crippen molar-refractivity contribution < 1.29 is 5.11 Å². The Balaban J connectivity index is 2.90. The van der Waals surface area contributed by atoms with Crippen molar-refractivity contribution in [3.05, 3.63) is 47.0 Å². The lowest BCUT2D eigenvalue weighted by molar-refractivity contribution is 0.330. The molecule has 0 aliphatic heterocycles. The minimum absolute atomic E-state index is 0.149. The molecule has 1 rings (SSSR count). The van der Waals surface area contributed by atoms with Gasteiger partial charge in [-0.2, -0.15) is 0 Å². The molecule has 1 unspecified atom stereocenters. The lowest BCUT2D eigenvalue weighted by Gasteiger charge is -2.11. The maximum Gasteiger partial charge on any atom is 0.0639 e. The number of aliphatic hydroxyl groups excluding tert-OH is 1. The molecular formula is C13H18O. The van der Waals surface area contributed by atoms with Crippen molar-refractivity contribution in [2.45, 2.75) is 26.7 Å². The van der Waals surface area contributed by atoms with Crippen molar-refractivity contribution in [1.82, 2.24) is 0 Å². The zero-order chi connectivity index (χ0) is 10.6. The number of rotatable bonds is 3. The quantitative estimate of drug-likeness (QED) is 0.726. The maximum absolute atomic E-state index is 8.93. The van der Waals surface area contributed by atoms with E-state index >= 15 is 0 Å². The fourth-order valence-corrected chi connectivity index (χ4v) is 1.67. The molecule has 1 nitrogen and oxygen atoms in total. The van der Waals surface area contributed by atoms with Gasteiger partial charge >= 0.3 is 0 Å². The van der Waals surface area contributed by atoms with Gasteiger partial charge in [-0.25, -0.2) is 0 Å². The van der Waals surface area contributed by atoms with Gasteiger partial charge < -0.3 is 5.11 Å². The molecule has 76 valence electrons. The van der Waals surface area contributed by atoms with Gasteiger partial charge in [0.1, 0.15) is 0 Å². The van der Waals surface area contributed by atoms with E-state index in [-0.39, 0.29) is 6.61 Å². The highest BCUT2D eigenvalue weighted by Gasteiger charge is 2.04. The molecule has 1 N–H and O–H groups in total. The van der Waals surface area contributed by atoms with E-state index in [9.17, 15) is 0 Å². The van der Waals surface area contributed by atoms with Crippen molar-refractivity contribution >= 4 is 0 Å². The fourth-order valence-electron chi connectivity index (χ4n) is 1.67. The Kier molecular flexibility index (Phi) is 3.90. The second kappa shape index (κ2) is 4.97. The molecule has 0 bridgehead atoms. The number of aryl methyl sites for hydroxylation is 1. The highest BCUT2D eigenvalue weighted by Crippen LogP contribution is 2.21. The van der Waals surface area contributed by atoms with Crippen LogP contribution in [0.15, 0.2) is 35.9 Å². The zero-order valence-electron chi connectivity index (χ0n) is 9.12. The van der Waals surface area contributed by atoms with Crippen molar-refractivity contribution in [1.29, 1.82) is 0 Å². The summed E-state index contributed by atoms with van der Waals surface area (Å²) in [6.45, 7) is 6.38. The van der Waals surface area contributed by atoms with Crippen LogP contribution in [0, 0.1) is 6.92 Å². The van der Waals surface area contributed by atoms with Crippen molar-refractivity contribution in [2.75, 3.05) is 6.61 Å². The minimum atomic E-state index is 0.149. The van der Waals surface area contributed by atoms with E-state index in [0.29, 0.717) is 5.92 Å². The van der Waals surface area contributed by atoms with Crippen LogP contribution in [0.1, 0.15) is 30.9 Å². The van der Waals surface area contributed by atoms with Gasteiger partial charge in [0.25, 0.3) is 0 Å². The van der Waals surface area contributed by atoms with Crippen molar-refractivity contribution in [3.63, 3.8) is 0 Å². The summed E-state index contributed by atoms with van der Waals surface area (Å²) in [6.07, 6.45) is 2.11. The van der Waals surface area contributed by atoms with E-state index in [0.717, 1.165) is 5.57 Å². The third kappa shape index (κ3) is 2.71. The normalized spacial score (nSPS) is 14.1. The van der Waals surface area contributed by atoms with E-state index in [2.05, 4.69) is 38.1 Å². The standard InChI is InChI=1S/C13H18O/c1-10(9-14)8-12(3)13-7-5-4-6-11(13)2/h4-8,12,14H,9H2,1-3H3/b10-8-. The van der Waals surface area contributed by atoms with Crippen LogP contribution in [0.5, 0.6) is 0 Å². The summed E-state index contributed by atoms with van der Waals surface area (Å²) in [5.74, 6) is 0.378. The second-order valence-electron chi connectivity index (χ2n) is 3.82. The Morgan fingerprint density at radius 3 is 2.64 bits per heavy atom. The number of benzene rings is 1. The van der Waals surface area contributed by atoms with Crippen LogP contribution in [-0.4, -0.2) is 11.7 Å². The molecule has 0 aliphatic carbocycles. The number of hydrogen-bond donors (Lipinski definition) is 1. The summed E-state index contributed by atoms with van der Waals surface area (Å²) in [5, 5.41) is 8.93. The van der Waals surface area contributed by atoms with Gasteiger partial charge in [0.15, 0.2) is 0 Å². The Hall–Kier alpha value is -1.08. The van der Waals surface area contributed by atoms with Crippen LogP contribution in [0.25, 0.3) is 0 Å². The molecule has 0 heterocycles. The summed E-state index contributed by atoms with van der Waals surface area (Å²) in [5.41, 5.74) is 3.67. The summed E-state index contributed by atoms with van der Waals surface area (Å²) in [4.78, 5) is 0. The lowest BCUT2D eigenvalue weighted by Crippen LogP contribution is -1.95. The summed E-state index contributed by atoms with van der Waals surface area (Å²) in [7, 11) is 0. The summed E-state index contributed by atoms with van der Waals surface area (Å²) >= 11 is 0. The SMILES string of the molecule is C/C(=C/C(C)c1ccccc1C)CO. The smallest absolute Gasteiger partial charge is 0.0639 e. The molecule has 1 aromatic carbocycles. The third-order valence-electron chi connectivity index (χ3n) is 2.46. The van der Waals surface area contributed by atoms with Gasteiger partial charge in [-0.15, -0.1) is 0 Å². The molecule has 0 fully saturated rings. The van der Waals surface area contributed by atoms with Gasteiger partial charge in [-0.3, -0.25) is 0 Å². The first-order chi connectivity index (χ1) is 6.65. The maximum atomic E-state index is 8.93. The molecule has 0 spiro atoms. The van der Waals surface area contributed by atoms with Crippen LogP contribution in [0.4, 0.5) is 0 Å². The molecule has 14 heavy (non-hydrogen) atoms. The molecule has 0 aliphatic rings. The average molecular weight is 190 g/mol. The number of aliphatic hydroxyl groups is 1. The van der Waals surface area contributed by atoms with Crippen LogP contribution < -0.4 is 0 Å². The Bertz CT molecular complexity index is 326. The van der Waals surface area contributed by atoms with E-state index in [1.165, 1.54) is 11.1 Å². The van der Waals surface area contributed by atoms with Crippen LogP contribution in [-0.2, 0) is 0 Å². The fraction of sp³-hybridized carbons (Fsp3) is 0.385. The summed E-state index contributed by atoms with van der Waals surface area (Å²) < 4.78 is 0. The third-order valence-corrected chi connectivity index (χ3v) is 2.46. The van der Waals surface area contributed by atoms with Gasteiger partial charge in [-0.05, 0) is 30.9 Å². The zero-order valence-corrected chi connectivity index (χ0v) is 9.12. The molecule has 0 radical (unpaired) electrons. The van der Waals surface area contributed by atoms with E-state index in [1.54, 1.807) is 0 Å². The highest BCUT2D eigenvalue weighted by atomic mass is 16.3. The second-order valence-corrected chi connectivity index (χ2v) is 3.82. The van der Waals surface area contributed by atoms with E-state index in [1.807, 2.05) is 13.0 Å². The first kappa shape index (κ1) is 11.0. The monoisotopic (exact) mass is 190 g/mol. The van der Waals surface area contributed by atoms with E-state index in [4.69, 9.17) is 5.11 Å². The molecule has 0 aromatic heterocycles. The Morgan fingerprint density at radius 1 is 1.43 bits per heavy atom. The topological polar surface area (TPSA) is 20.2 Å². The first-order valence-corrected chi connectivity index (χ1v) is 4.99. The van der Waals surface area contributed by atoms with Crippen molar-refractivity contribution in [2.24, 2.45) is 0 Å². The summed E-state index contributed by atoms with van der Waals surface area (Å²) in [6, 6.07) is 8.37. The molecule has 1 atom stereocenters. The number of hydrogen-bond acceptors (Lipinski definition) is 1. The molecular weight excluding hydrogens is 172 g/mol. The number of allylic oxidation sites excluding steroid dienone is 1. The van der Waals surface area contributed by atoms with Crippen LogP contribution >= 0.6 is 0 Å². The van der Waals surface area contributed by atoms with Crippen LogP contribution in [0.2, 0.25) is 0 Å². The molecule has 1 heteroatoms. The molecule has 0 saturated carbocycles. The average Bonchev–Trinajstić information content (AvgIpc) is 2.18. The molecule has 1 aromatic rings. The van der Waals surface area contributed by atoms with Crippen LogP contribution in [0.3, 0.4) is 0 Å². The first-order valence-electron chi connectivity index (χ1n) is 4.99. The molecule has 0 saturated heterocycles. The van der Waals surface area contributed by atoms with Gasteiger partial charge in [0.2, 0.25) is 0 Å². The van der Waals surface area contributed by atoms with Gasteiger partial charge in [-0.1, -0.05) is 42.8 Å². The Morgan fingerprint density at radius 2 is 2.07 bits per heavy atom. The minimum Gasteiger partial charge on any atom is -0.392 e. The predicted octanol–water partition coefficient (Wildman–Crippen LogP) is 3.04. The molecule has 0 amide bonds. The van der Waals surface area contributed by atoms with Gasteiger partial charge in [0, 0.05) is 0 Å². The van der Waals surface area contributed by atoms with E-state index < -0.39 is 0 Å². The predicted molar refractivity (Wildman–Crippen MR) is 60.4 cm³/mol. The largest absolute Gasteiger partial charge is 0.392 e.